The van der Waals surface area contributed by atoms with E-state index in [9.17, 15) is 4.79 Å². The van der Waals surface area contributed by atoms with Crippen LogP contribution in [0.15, 0.2) is 35.5 Å². The number of piperazine rings is 1. The summed E-state index contributed by atoms with van der Waals surface area (Å²) in [6, 6.07) is 10.5. The highest BCUT2D eigenvalue weighted by atomic mass is 32.2. The van der Waals surface area contributed by atoms with Gasteiger partial charge in [0.15, 0.2) is 5.16 Å². The largest absolute Gasteiger partial charge is 0.378 e. The molecular weight excluding hydrogens is 524 g/mol. The Morgan fingerprint density at radius 1 is 0.925 bits per heavy atom. The SMILES string of the molecule is CCN(CC)CCN(CC)C(=O)CN1CCN(c2cc(Nc3ccc(N4CCOCC4)cc3)nc(SC)n2)CC1. The van der Waals surface area contributed by atoms with Gasteiger partial charge in [0.25, 0.3) is 0 Å². The molecule has 4 rings (SSSR count). The Hall–Kier alpha value is -2.60. The zero-order chi connectivity index (χ0) is 28.3. The Labute approximate surface area is 244 Å². The maximum Gasteiger partial charge on any atom is 0.236 e. The van der Waals surface area contributed by atoms with Crippen LogP contribution in [0.5, 0.6) is 0 Å². The van der Waals surface area contributed by atoms with E-state index < -0.39 is 0 Å². The number of amides is 1. The van der Waals surface area contributed by atoms with E-state index in [1.54, 1.807) is 11.8 Å². The highest BCUT2D eigenvalue weighted by Crippen LogP contribution is 2.26. The van der Waals surface area contributed by atoms with Crippen molar-refractivity contribution in [2.24, 2.45) is 0 Å². The lowest BCUT2D eigenvalue weighted by Gasteiger charge is -2.36. The number of benzene rings is 1. The third kappa shape index (κ3) is 8.45. The van der Waals surface area contributed by atoms with Gasteiger partial charge in [-0.3, -0.25) is 9.69 Å². The molecule has 0 unspecified atom stereocenters. The van der Waals surface area contributed by atoms with Crippen molar-refractivity contribution in [3.8, 4) is 0 Å². The number of aromatic nitrogens is 2. The number of carbonyl (C=O) groups excluding carboxylic acids is 1. The monoisotopic (exact) mass is 570 g/mol. The topological polar surface area (TPSA) is 80.3 Å². The fraction of sp³-hybridized carbons (Fsp3) is 0.621. The molecule has 2 aliphatic rings. The van der Waals surface area contributed by atoms with Crippen molar-refractivity contribution in [1.29, 1.82) is 0 Å². The van der Waals surface area contributed by atoms with E-state index in [1.807, 2.05) is 17.2 Å². The molecule has 11 heteroatoms. The van der Waals surface area contributed by atoms with Gasteiger partial charge in [0.1, 0.15) is 11.6 Å². The van der Waals surface area contributed by atoms with Crippen molar-refractivity contribution in [3.63, 3.8) is 0 Å². The summed E-state index contributed by atoms with van der Waals surface area (Å²) >= 11 is 1.55. The number of anilines is 4. The quantitative estimate of drug-likeness (QED) is 0.287. The van der Waals surface area contributed by atoms with Crippen LogP contribution in [0, 0.1) is 0 Å². The maximum atomic E-state index is 13.0. The Bertz CT molecular complexity index is 1050. The normalized spacial score (nSPS) is 16.4. The molecule has 1 aromatic heterocycles. The Morgan fingerprint density at radius 2 is 1.62 bits per heavy atom. The van der Waals surface area contributed by atoms with Crippen molar-refractivity contribution < 1.29 is 9.53 Å². The van der Waals surface area contributed by atoms with E-state index in [0.717, 1.165) is 108 Å². The van der Waals surface area contributed by atoms with Crippen molar-refractivity contribution in [1.82, 2.24) is 24.7 Å². The van der Waals surface area contributed by atoms with Gasteiger partial charge in [-0.15, -0.1) is 0 Å². The molecule has 3 heterocycles. The lowest BCUT2D eigenvalue weighted by atomic mass is 10.2. The summed E-state index contributed by atoms with van der Waals surface area (Å²) < 4.78 is 5.47. The van der Waals surface area contributed by atoms with Gasteiger partial charge in [0, 0.05) is 76.3 Å². The number of hydrogen-bond acceptors (Lipinski definition) is 10. The van der Waals surface area contributed by atoms with Crippen molar-refractivity contribution in [2.45, 2.75) is 25.9 Å². The van der Waals surface area contributed by atoms with Gasteiger partial charge in [-0.2, -0.15) is 0 Å². The van der Waals surface area contributed by atoms with E-state index in [-0.39, 0.29) is 5.91 Å². The first kappa shape index (κ1) is 30.4. The van der Waals surface area contributed by atoms with Crippen LogP contribution in [0.3, 0.4) is 0 Å². The van der Waals surface area contributed by atoms with Gasteiger partial charge < -0.3 is 29.7 Å². The predicted molar refractivity (Wildman–Crippen MR) is 165 cm³/mol. The third-order valence-electron chi connectivity index (χ3n) is 7.76. The number of likely N-dealkylation sites (N-methyl/N-ethyl adjacent to an activating group) is 2. The van der Waals surface area contributed by atoms with E-state index in [0.29, 0.717) is 6.54 Å². The smallest absolute Gasteiger partial charge is 0.236 e. The van der Waals surface area contributed by atoms with Gasteiger partial charge >= 0.3 is 0 Å². The molecule has 40 heavy (non-hydrogen) atoms. The summed E-state index contributed by atoms with van der Waals surface area (Å²) in [5, 5.41) is 4.22. The highest BCUT2D eigenvalue weighted by Gasteiger charge is 2.23. The van der Waals surface area contributed by atoms with E-state index in [2.05, 4.69) is 70.0 Å². The average Bonchev–Trinajstić information content (AvgIpc) is 3.00. The first-order chi connectivity index (χ1) is 19.5. The second kappa shape index (κ2) is 15.4. The summed E-state index contributed by atoms with van der Waals surface area (Å²) in [5.41, 5.74) is 2.21. The van der Waals surface area contributed by atoms with E-state index >= 15 is 0 Å². The van der Waals surface area contributed by atoms with Gasteiger partial charge in [0.2, 0.25) is 5.91 Å². The van der Waals surface area contributed by atoms with Crippen LogP contribution in [-0.2, 0) is 9.53 Å². The summed E-state index contributed by atoms with van der Waals surface area (Å²) in [4.78, 5) is 33.8. The summed E-state index contributed by atoms with van der Waals surface area (Å²) in [7, 11) is 0. The molecule has 2 aromatic rings. The first-order valence-corrected chi connectivity index (χ1v) is 15.9. The van der Waals surface area contributed by atoms with Crippen LogP contribution in [0.4, 0.5) is 23.0 Å². The average molecular weight is 571 g/mol. The molecule has 1 amide bonds. The summed E-state index contributed by atoms with van der Waals surface area (Å²) in [5.74, 6) is 1.94. The van der Waals surface area contributed by atoms with Crippen molar-refractivity contribution >= 4 is 40.7 Å². The molecular formula is C29H46N8O2S. The number of ether oxygens (including phenoxy) is 1. The minimum atomic E-state index is 0.223. The number of carbonyl (C=O) groups is 1. The number of nitrogens with one attached hydrogen (secondary N) is 1. The van der Waals surface area contributed by atoms with Crippen LogP contribution >= 0.6 is 11.8 Å². The fourth-order valence-electron chi connectivity index (χ4n) is 5.14. The number of nitrogens with zero attached hydrogens (tertiary/aromatic N) is 7. The molecule has 220 valence electrons. The Morgan fingerprint density at radius 3 is 2.25 bits per heavy atom. The van der Waals surface area contributed by atoms with Crippen LogP contribution in [0.25, 0.3) is 0 Å². The zero-order valence-electron chi connectivity index (χ0n) is 24.6. The molecule has 0 saturated carbocycles. The predicted octanol–water partition coefficient (Wildman–Crippen LogP) is 3.09. The third-order valence-corrected chi connectivity index (χ3v) is 8.31. The molecule has 0 atom stereocenters. The Kier molecular flexibility index (Phi) is 11.7. The first-order valence-electron chi connectivity index (χ1n) is 14.6. The van der Waals surface area contributed by atoms with Crippen LogP contribution in [0.2, 0.25) is 0 Å². The molecule has 0 bridgehead atoms. The van der Waals surface area contributed by atoms with E-state index in [4.69, 9.17) is 14.7 Å². The van der Waals surface area contributed by atoms with Gasteiger partial charge in [0.05, 0.1) is 19.8 Å². The lowest BCUT2D eigenvalue weighted by molar-refractivity contribution is -0.132. The Balaban J connectivity index is 1.32. The van der Waals surface area contributed by atoms with Gasteiger partial charge in [-0.1, -0.05) is 25.6 Å². The summed E-state index contributed by atoms with van der Waals surface area (Å²) in [6.45, 7) is 18.1. The minimum Gasteiger partial charge on any atom is -0.378 e. The second-order valence-electron chi connectivity index (χ2n) is 10.1. The fourth-order valence-corrected chi connectivity index (χ4v) is 5.52. The highest BCUT2D eigenvalue weighted by molar-refractivity contribution is 7.98. The van der Waals surface area contributed by atoms with Crippen molar-refractivity contribution in [3.05, 3.63) is 30.3 Å². The molecule has 0 radical (unpaired) electrons. The zero-order valence-corrected chi connectivity index (χ0v) is 25.5. The van der Waals surface area contributed by atoms with Crippen LogP contribution < -0.4 is 15.1 Å². The number of morpholine rings is 1. The second-order valence-corrected chi connectivity index (χ2v) is 10.9. The lowest BCUT2D eigenvalue weighted by Crippen LogP contribution is -2.51. The van der Waals surface area contributed by atoms with Crippen LogP contribution in [-0.4, -0.2) is 129 Å². The molecule has 2 saturated heterocycles. The number of hydrogen-bond donors (Lipinski definition) is 1. The molecule has 10 nitrogen and oxygen atoms in total. The van der Waals surface area contributed by atoms with E-state index in [1.165, 1.54) is 5.69 Å². The number of thioether (sulfide) groups is 1. The molecule has 0 spiro atoms. The molecule has 1 N–H and O–H groups in total. The van der Waals surface area contributed by atoms with Gasteiger partial charge in [-0.25, -0.2) is 9.97 Å². The summed E-state index contributed by atoms with van der Waals surface area (Å²) in [6.07, 6.45) is 2.00. The van der Waals surface area contributed by atoms with Crippen LogP contribution in [0.1, 0.15) is 20.8 Å². The molecule has 1 aromatic carbocycles. The minimum absolute atomic E-state index is 0.223. The van der Waals surface area contributed by atoms with Crippen molar-refractivity contribution in [2.75, 3.05) is 113 Å². The van der Waals surface area contributed by atoms with Gasteiger partial charge in [-0.05, 0) is 50.5 Å². The molecule has 0 aliphatic carbocycles. The standard InChI is InChI=1S/C29H46N8O2S/c1-5-33(6-2)12-15-35(7-3)28(38)23-34-13-16-37(17-14-34)27-22-26(31-29(32-27)40-4)30-24-8-10-25(11-9-24)36-18-20-39-21-19-36/h8-11,22H,5-7,12-21,23H2,1-4H3,(H,30,31,32). The molecule has 2 fully saturated rings. The maximum absolute atomic E-state index is 13.0. The number of rotatable bonds is 13. The molecule has 2 aliphatic heterocycles.